The molecular formula is C19H22FN7O3. The molecule has 4 rings (SSSR count). The van der Waals surface area contributed by atoms with Gasteiger partial charge in [-0.25, -0.2) is 4.39 Å². The Kier molecular flexibility index (Phi) is 5.89. The van der Waals surface area contributed by atoms with Crippen molar-refractivity contribution >= 4 is 17.5 Å². The molecule has 3 aromatic heterocycles. The minimum Gasteiger partial charge on any atom is -0.480 e. The lowest BCUT2D eigenvalue weighted by Gasteiger charge is -2.28. The number of halogens is 1. The zero-order valence-corrected chi connectivity index (χ0v) is 16.6. The molecule has 1 atom stereocenters. The number of ether oxygens (including phenoxy) is 3. The maximum atomic E-state index is 13.2. The zero-order chi connectivity index (χ0) is 20.9. The monoisotopic (exact) mass is 415 g/mol. The summed E-state index contributed by atoms with van der Waals surface area (Å²) in [6.45, 7) is 4.47. The predicted molar refractivity (Wildman–Crippen MR) is 107 cm³/mol. The van der Waals surface area contributed by atoms with Crippen molar-refractivity contribution < 1.29 is 18.6 Å². The van der Waals surface area contributed by atoms with E-state index in [1.807, 2.05) is 6.07 Å². The summed E-state index contributed by atoms with van der Waals surface area (Å²) < 4.78 is 29.6. The van der Waals surface area contributed by atoms with Crippen LogP contribution in [-0.2, 0) is 4.74 Å². The van der Waals surface area contributed by atoms with Crippen LogP contribution in [0.4, 0.5) is 21.8 Å². The van der Waals surface area contributed by atoms with Crippen LogP contribution in [0.3, 0.4) is 0 Å². The highest BCUT2D eigenvalue weighted by molar-refractivity contribution is 5.58. The normalized spacial score (nSPS) is 15.0. The summed E-state index contributed by atoms with van der Waals surface area (Å²) in [7, 11) is 1.54. The molecule has 1 aliphatic heterocycles. The highest BCUT2D eigenvalue weighted by Gasteiger charge is 2.18. The molecule has 1 aliphatic rings. The van der Waals surface area contributed by atoms with Gasteiger partial charge in [-0.15, -0.1) is 5.10 Å². The molecule has 11 heteroatoms. The number of aromatic nitrogens is 5. The molecule has 10 nitrogen and oxygen atoms in total. The summed E-state index contributed by atoms with van der Waals surface area (Å²) in [5.74, 6) is 1.88. The van der Waals surface area contributed by atoms with Crippen molar-refractivity contribution in [1.29, 1.82) is 0 Å². The standard InChI is InChI=1S/C19H22FN7O3/c1-12(14-4-3-13(20)11-21-14)30-19-23-15(22-16-10-18(28-2)26-25-16)9-17(24-19)27-5-7-29-8-6-27/h3-4,9-12H,5-8H2,1-2H3,(H2,22,23,24,25,26)/t12-/m0/s1. The molecule has 0 radical (unpaired) electrons. The van der Waals surface area contributed by atoms with Gasteiger partial charge >= 0.3 is 6.01 Å². The number of pyridine rings is 1. The van der Waals surface area contributed by atoms with Gasteiger partial charge in [-0.3, -0.25) is 10.1 Å². The second-order valence-electron chi connectivity index (χ2n) is 6.60. The van der Waals surface area contributed by atoms with E-state index in [1.165, 1.54) is 13.2 Å². The van der Waals surface area contributed by atoms with Gasteiger partial charge in [0, 0.05) is 25.2 Å². The number of morpholine rings is 1. The van der Waals surface area contributed by atoms with Gasteiger partial charge in [0.15, 0.2) is 0 Å². The molecule has 0 saturated carbocycles. The van der Waals surface area contributed by atoms with Crippen LogP contribution >= 0.6 is 0 Å². The molecule has 1 saturated heterocycles. The van der Waals surface area contributed by atoms with E-state index in [2.05, 4.69) is 35.4 Å². The molecule has 0 bridgehead atoms. The fourth-order valence-electron chi connectivity index (χ4n) is 2.94. The van der Waals surface area contributed by atoms with Gasteiger partial charge in [-0.05, 0) is 19.1 Å². The Hall–Kier alpha value is -3.47. The van der Waals surface area contributed by atoms with Gasteiger partial charge < -0.3 is 24.4 Å². The number of hydrogen-bond acceptors (Lipinski definition) is 9. The summed E-state index contributed by atoms with van der Waals surface area (Å²) in [6, 6.07) is 6.62. The van der Waals surface area contributed by atoms with Crippen LogP contribution in [0.15, 0.2) is 30.5 Å². The van der Waals surface area contributed by atoms with Gasteiger partial charge in [-0.2, -0.15) is 9.97 Å². The van der Waals surface area contributed by atoms with Crippen molar-refractivity contribution in [3.63, 3.8) is 0 Å². The lowest BCUT2D eigenvalue weighted by atomic mass is 10.2. The first-order valence-corrected chi connectivity index (χ1v) is 9.47. The predicted octanol–water partition coefficient (Wildman–Crippen LogP) is 2.46. The van der Waals surface area contributed by atoms with E-state index in [-0.39, 0.29) is 6.01 Å². The first-order chi connectivity index (χ1) is 14.6. The molecular weight excluding hydrogens is 393 g/mol. The molecule has 0 aliphatic carbocycles. The maximum absolute atomic E-state index is 13.2. The Morgan fingerprint density at radius 1 is 1.23 bits per heavy atom. The van der Waals surface area contributed by atoms with Crippen LogP contribution in [0.25, 0.3) is 0 Å². The van der Waals surface area contributed by atoms with Crippen LogP contribution in [0.1, 0.15) is 18.7 Å². The topological polar surface area (TPSA) is 110 Å². The van der Waals surface area contributed by atoms with Crippen molar-refractivity contribution in [3.05, 3.63) is 42.0 Å². The zero-order valence-electron chi connectivity index (χ0n) is 16.6. The van der Waals surface area contributed by atoms with E-state index in [0.29, 0.717) is 55.3 Å². The van der Waals surface area contributed by atoms with E-state index in [9.17, 15) is 4.39 Å². The third kappa shape index (κ3) is 4.74. The average molecular weight is 415 g/mol. The van der Waals surface area contributed by atoms with E-state index in [0.717, 1.165) is 6.20 Å². The number of hydrogen-bond donors (Lipinski definition) is 2. The Morgan fingerprint density at radius 2 is 2.07 bits per heavy atom. The summed E-state index contributed by atoms with van der Waals surface area (Å²) >= 11 is 0. The second-order valence-corrected chi connectivity index (χ2v) is 6.60. The van der Waals surface area contributed by atoms with E-state index >= 15 is 0 Å². The summed E-state index contributed by atoms with van der Waals surface area (Å²) in [5.41, 5.74) is 0.574. The molecule has 0 unspecified atom stereocenters. The van der Waals surface area contributed by atoms with Gasteiger partial charge in [0.2, 0.25) is 5.88 Å². The Bertz CT molecular complexity index is 977. The summed E-state index contributed by atoms with van der Waals surface area (Å²) in [5, 5.41) is 9.99. The fourth-order valence-corrected chi connectivity index (χ4v) is 2.94. The van der Waals surface area contributed by atoms with Crippen molar-refractivity contribution in [2.45, 2.75) is 13.0 Å². The number of anilines is 3. The third-order valence-corrected chi connectivity index (χ3v) is 4.50. The van der Waals surface area contributed by atoms with E-state index in [1.54, 1.807) is 19.1 Å². The highest BCUT2D eigenvalue weighted by Crippen LogP contribution is 2.26. The van der Waals surface area contributed by atoms with Crippen molar-refractivity contribution in [3.8, 4) is 11.9 Å². The third-order valence-electron chi connectivity index (χ3n) is 4.50. The van der Waals surface area contributed by atoms with Gasteiger partial charge in [0.05, 0.1) is 32.2 Å². The highest BCUT2D eigenvalue weighted by atomic mass is 19.1. The number of nitrogens with zero attached hydrogens (tertiary/aromatic N) is 5. The maximum Gasteiger partial charge on any atom is 0.321 e. The van der Waals surface area contributed by atoms with Crippen molar-refractivity contribution in [2.75, 3.05) is 43.6 Å². The number of aromatic amines is 1. The Morgan fingerprint density at radius 3 is 2.77 bits per heavy atom. The number of H-pyrrole nitrogens is 1. The molecule has 0 aromatic carbocycles. The van der Waals surface area contributed by atoms with Gasteiger partial charge in [-0.1, -0.05) is 0 Å². The molecule has 1 fully saturated rings. The van der Waals surface area contributed by atoms with Crippen molar-refractivity contribution in [2.24, 2.45) is 0 Å². The van der Waals surface area contributed by atoms with Crippen LogP contribution in [0, 0.1) is 5.82 Å². The number of nitrogens with one attached hydrogen (secondary N) is 2. The van der Waals surface area contributed by atoms with Crippen LogP contribution in [0.2, 0.25) is 0 Å². The largest absolute Gasteiger partial charge is 0.480 e. The quantitative estimate of drug-likeness (QED) is 0.601. The first-order valence-electron chi connectivity index (χ1n) is 9.47. The number of rotatable bonds is 7. The Labute approximate surface area is 172 Å². The van der Waals surface area contributed by atoms with Gasteiger partial charge in [0.25, 0.3) is 0 Å². The van der Waals surface area contributed by atoms with Crippen molar-refractivity contribution in [1.82, 2.24) is 25.1 Å². The van der Waals surface area contributed by atoms with Crippen LogP contribution in [-0.4, -0.2) is 58.6 Å². The van der Waals surface area contributed by atoms with E-state index in [4.69, 9.17) is 14.2 Å². The lowest BCUT2D eigenvalue weighted by Crippen LogP contribution is -2.36. The first kappa shape index (κ1) is 19.8. The Balaban J connectivity index is 1.59. The fraction of sp³-hybridized carbons (Fsp3) is 0.368. The van der Waals surface area contributed by atoms with Crippen LogP contribution < -0.4 is 19.7 Å². The number of methoxy groups -OCH3 is 1. The van der Waals surface area contributed by atoms with E-state index < -0.39 is 11.9 Å². The molecule has 4 heterocycles. The average Bonchev–Trinajstić information content (AvgIpc) is 3.22. The molecule has 0 amide bonds. The SMILES string of the molecule is COc1cc(Nc2cc(N3CCOCC3)nc(O[C@@H](C)c3ccc(F)cn3)n2)[nH]n1. The van der Waals surface area contributed by atoms with Gasteiger partial charge in [0.1, 0.15) is 29.4 Å². The molecule has 158 valence electrons. The smallest absolute Gasteiger partial charge is 0.321 e. The molecule has 30 heavy (non-hydrogen) atoms. The molecule has 2 N–H and O–H groups in total. The minimum atomic E-state index is -0.467. The minimum absolute atomic E-state index is 0.173. The second kappa shape index (κ2) is 8.91. The summed E-state index contributed by atoms with van der Waals surface area (Å²) in [6.07, 6.45) is 0.685. The molecule has 0 spiro atoms. The summed E-state index contributed by atoms with van der Waals surface area (Å²) in [4.78, 5) is 15.2. The molecule has 3 aromatic rings. The lowest BCUT2D eigenvalue weighted by molar-refractivity contribution is 0.122. The van der Waals surface area contributed by atoms with Crippen LogP contribution in [0.5, 0.6) is 11.9 Å².